The summed E-state index contributed by atoms with van der Waals surface area (Å²) in [5.41, 5.74) is -0.681. The number of halogens is 4. The van der Waals surface area contributed by atoms with E-state index in [0.29, 0.717) is 11.6 Å². The van der Waals surface area contributed by atoms with Gasteiger partial charge in [-0.2, -0.15) is 13.2 Å². The Balaban J connectivity index is 2.26. The normalized spacial score (nSPS) is 11.2. The van der Waals surface area contributed by atoms with Crippen molar-refractivity contribution in [3.05, 3.63) is 65.0 Å². The summed E-state index contributed by atoms with van der Waals surface area (Å²) in [6.07, 6.45) is -4.59. The van der Waals surface area contributed by atoms with Crippen LogP contribution in [0.4, 0.5) is 17.6 Å². The number of rotatable bonds is 5. The zero-order valence-corrected chi connectivity index (χ0v) is 12.7. The van der Waals surface area contributed by atoms with Crippen molar-refractivity contribution in [2.75, 3.05) is 6.61 Å². The molecule has 24 heavy (non-hydrogen) atoms. The monoisotopic (exact) mass is 342 g/mol. The highest BCUT2D eigenvalue weighted by atomic mass is 19.4. The van der Waals surface area contributed by atoms with Gasteiger partial charge in [-0.1, -0.05) is 12.1 Å². The van der Waals surface area contributed by atoms with Crippen molar-refractivity contribution < 1.29 is 31.8 Å². The van der Waals surface area contributed by atoms with Crippen LogP contribution in [0.5, 0.6) is 5.75 Å². The summed E-state index contributed by atoms with van der Waals surface area (Å²) in [6, 6.07) is 8.00. The molecule has 0 N–H and O–H groups in total. The Kier molecular flexibility index (Phi) is 5.43. The van der Waals surface area contributed by atoms with Gasteiger partial charge in [0.15, 0.2) is 0 Å². The molecule has 0 amide bonds. The van der Waals surface area contributed by atoms with Gasteiger partial charge in [-0.15, -0.1) is 0 Å². The Morgan fingerprint density at radius 3 is 2.33 bits per heavy atom. The third kappa shape index (κ3) is 4.47. The van der Waals surface area contributed by atoms with Gasteiger partial charge < -0.3 is 9.47 Å². The van der Waals surface area contributed by atoms with Gasteiger partial charge in [0.05, 0.1) is 12.2 Å². The molecule has 3 nitrogen and oxygen atoms in total. The Hall–Kier alpha value is -2.57. The maximum Gasteiger partial charge on any atom is 0.416 e. The molecule has 0 unspecified atom stereocenters. The fraction of sp³-hybridized carbons (Fsp3) is 0.235. The minimum Gasteiger partial charge on any atom is -0.488 e. The highest BCUT2D eigenvalue weighted by Gasteiger charge is 2.32. The van der Waals surface area contributed by atoms with E-state index in [1.54, 1.807) is 6.92 Å². The second-order valence-corrected chi connectivity index (χ2v) is 4.84. The van der Waals surface area contributed by atoms with Crippen molar-refractivity contribution in [1.29, 1.82) is 0 Å². The number of benzene rings is 2. The first kappa shape index (κ1) is 17.8. The summed E-state index contributed by atoms with van der Waals surface area (Å²) in [4.78, 5) is 11.9. The van der Waals surface area contributed by atoms with Crippen LogP contribution >= 0.6 is 0 Å². The molecule has 0 aliphatic rings. The molecule has 128 valence electrons. The number of carbonyl (C=O) groups is 1. The van der Waals surface area contributed by atoms with Crippen LogP contribution in [0.25, 0.3) is 0 Å². The van der Waals surface area contributed by atoms with Crippen molar-refractivity contribution in [3.8, 4) is 5.75 Å². The molecule has 0 aliphatic heterocycles. The molecule has 0 bridgehead atoms. The first-order valence-corrected chi connectivity index (χ1v) is 7.07. The largest absolute Gasteiger partial charge is 0.488 e. The zero-order valence-electron chi connectivity index (χ0n) is 12.7. The second-order valence-electron chi connectivity index (χ2n) is 4.84. The maximum atomic E-state index is 12.9. The number of carbonyl (C=O) groups excluding carboxylic acids is 1. The van der Waals surface area contributed by atoms with E-state index in [4.69, 9.17) is 9.47 Å². The van der Waals surface area contributed by atoms with Gasteiger partial charge in [0, 0.05) is 0 Å². The molecule has 0 radical (unpaired) electrons. The van der Waals surface area contributed by atoms with Crippen LogP contribution in [-0.4, -0.2) is 12.6 Å². The first-order valence-electron chi connectivity index (χ1n) is 7.07. The average Bonchev–Trinajstić information content (AvgIpc) is 2.53. The van der Waals surface area contributed by atoms with Crippen molar-refractivity contribution in [2.24, 2.45) is 0 Å². The number of hydrogen-bond donors (Lipinski definition) is 0. The summed E-state index contributed by atoms with van der Waals surface area (Å²) in [7, 11) is 0. The molecular formula is C17H14F4O3. The Labute approximate surface area is 135 Å². The molecule has 0 spiro atoms. The minimum atomic E-state index is -4.59. The van der Waals surface area contributed by atoms with Gasteiger partial charge in [0.1, 0.15) is 23.7 Å². The summed E-state index contributed by atoms with van der Waals surface area (Å²) in [6.45, 7) is 1.54. The van der Waals surface area contributed by atoms with Gasteiger partial charge in [-0.25, -0.2) is 9.18 Å². The van der Waals surface area contributed by atoms with E-state index >= 15 is 0 Å². The van der Waals surface area contributed by atoms with Crippen molar-refractivity contribution in [2.45, 2.75) is 19.7 Å². The molecule has 0 atom stereocenters. The number of hydrogen-bond acceptors (Lipinski definition) is 3. The molecule has 2 aromatic carbocycles. The topological polar surface area (TPSA) is 35.5 Å². The standard InChI is InChI=1S/C17H14F4O3/c1-2-23-16(22)14-9-12(17(19,20)21)5-8-15(14)24-10-11-3-6-13(18)7-4-11/h3-9H,2,10H2,1H3. The third-order valence-electron chi connectivity index (χ3n) is 3.11. The SMILES string of the molecule is CCOC(=O)c1cc(C(F)(F)F)ccc1OCc1ccc(F)cc1. The fourth-order valence-electron chi connectivity index (χ4n) is 1.94. The van der Waals surface area contributed by atoms with Gasteiger partial charge in [-0.05, 0) is 42.8 Å². The summed E-state index contributed by atoms with van der Waals surface area (Å²) < 4.78 is 61.5. The van der Waals surface area contributed by atoms with Crippen LogP contribution in [0.2, 0.25) is 0 Å². The summed E-state index contributed by atoms with van der Waals surface area (Å²) in [5.74, 6) is -1.36. The van der Waals surface area contributed by atoms with Gasteiger partial charge in [0.2, 0.25) is 0 Å². The van der Waals surface area contributed by atoms with Gasteiger partial charge >= 0.3 is 12.1 Å². The quantitative estimate of drug-likeness (QED) is 0.588. The first-order chi connectivity index (χ1) is 11.3. The molecule has 0 fully saturated rings. The second kappa shape index (κ2) is 7.33. The van der Waals surface area contributed by atoms with E-state index in [1.807, 2.05) is 0 Å². The summed E-state index contributed by atoms with van der Waals surface area (Å²) >= 11 is 0. The molecule has 7 heteroatoms. The van der Waals surface area contributed by atoms with Crippen molar-refractivity contribution in [1.82, 2.24) is 0 Å². The average molecular weight is 342 g/mol. The Morgan fingerprint density at radius 1 is 1.08 bits per heavy atom. The zero-order chi connectivity index (χ0) is 17.7. The lowest BCUT2D eigenvalue weighted by Gasteiger charge is -2.14. The number of ether oxygens (including phenoxy) is 2. The molecule has 2 rings (SSSR count). The van der Waals surface area contributed by atoms with Crippen LogP contribution in [0.3, 0.4) is 0 Å². The highest BCUT2D eigenvalue weighted by Crippen LogP contribution is 2.33. The molecule has 0 heterocycles. The smallest absolute Gasteiger partial charge is 0.416 e. The number of alkyl halides is 3. The maximum absolute atomic E-state index is 12.9. The molecule has 0 aromatic heterocycles. The van der Waals surface area contributed by atoms with Crippen LogP contribution in [-0.2, 0) is 17.5 Å². The Bertz CT molecular complexity index is 709. The lowest BCUT2D eigenvalue weighted by atomic mass is 10.1. The van der Waals surface area contributed by atoms with Crippen LogP contribution in [0, 0.1) is 5.82 Å². The predicted molar refractivity (Wildman–Crippen MR) is 78.1 cm³/mol. The third-order valence-corrected chi connectivity index (χ3v) is 3.11. The van der Waals surface area contributed by atoms with E-state index in [1.165, 1.54) is 24.3 Å². The fourth-order valence-corrected chi connectivity index (χ4v) is 1.94. The molecular weight excluding hydrogens is 328 g/mol. The van der Waals surface area contributed by atoms with Gasteiger partial charge in [-0.3, -0.25) is 0 Å². The lowest BCUT2D eigenvalue weighted by Crippen LogP contribution is -2.12. The molecule has 0 aliphatic carbocycles. The van der Waals surface area contributed by atoms with Crippen LogP contribution < -0.4 is 4.74 Å². The van der Waals surface area contributed by atoms with E-state index < -0.39 is 23.5 Å². The van der Waals surface area contributed by atoms with E-state index in [2.05, 4.69) is 0 Å². The van der Waals surface area contributed by atoms with Gasteiger partial charge in [0.25, 0.3) is 0 Å². The van der Waals surface area contributed by atoms with E-state index in [9.17, 15) is 22.4 Å². The minimum absolute atomic E-state index is 0.0203. The van der Waals surface area contributed by atoms with Crippen molar-refractivity contribution in [3.63, 3.8) is 0 Å². The molecule has 0 saturated carbocycles. The van der Waals surface area contributed by atoms with Crippen molar-refractivity contribution >= 4 is 5.97 Å². The van der Waals surface area contributed by atoms with E-state index in [-0.39, 0.29) is 24.5 Å². The molecule has 2 aromatic rings. The number of esters is 1. The summed E-state index contributed by atoms with van der Waals surface area (Å²) in [5, 5.41) is 0. The van der Waals surface area contributed by atoms with E-state index in [0.717, 1.165) is 12.1 Å². The van der Waals surface area contributed by atoms with Crippen LogP contribution in [0.15, 0.2) is 42.5 Å². The highest BCUT2D eigenvalue weighted by molar-refractivity contribution is 5.92. The predicted octanol–water partition coefficient (Wildman–Crippen LogP) is 4.60. The lowest BCUT2D eigenvalue weighted by molar-refractivity contribution is -0.137. The molecule has 0 saturated heterocycles. The van der Waals surface area contributed by atoms with Crippen LogP contribution in [0.1, 0.15) is 28.4 Å². The Morgan fingerprint density at radius 2 is 1.75 bits per heavy atom.